The van der Waals surface area contributed by atoms with Gasteiger partial charge >= 0.3 is 0 Å². The molecular formula is C64H42N4. The molecule has 0 fully saturated rings. The van der Waals surface area contributed by atoms with E-state index in [0.717, 1.165) is 66.3 Å². The van der Waals surface area contributed by atoms with Crippen LogP contribution in [0.1, 0.15) is 22.3 Å². The summed E-state index contributed by atoms with van der Waals surface area (Å²) >= 11 is 0. The van der Waals surface area contributed by atoms with Crippen molar-refractivity contribution < 1.29 is 0 Å². The van der Waals surface area contributed by atoms with Crippen LogP contribution in [0.15, 0.2) is 255 Å². The van der Waals surface area contributed by atoms with Crippen molar-refractivity contribution in [1.29, 1.82) is 0 Å². The molecule has 0 aliphatic heterocycles. The van der Waals surface area contributed by atoms with E-state index in [9.17, 15) is 0 Å². The Kier molecular flexibility index (Phi) is 9.36. The van der Waals surface area contributed by atoms with E-state index in [1.807, 2.05) is 12.1 Å². The Labute approximate surface area is 395 Å². The second-order valence-electron chi connectivity index (χ2n) is 17.5. The van der Waals surface area contributed by atoms with Gasteiger partial charge in [-0.05, 0) is 85.0 Å². The number of para-hydroxylation sites is 1. The van der Waals surface area contributed by atoms with Crippen molar-refractivity contribution in [3.05, 3.63) is 277 Å². The third kappa shape index (κ3) is 6.41. The molecule has 0 atom stereocenters. The molecule has 1 aliphatic rings. The number of fused-ring (bicyclic) bond motifs is 6. The molecule has 0 spiro atoms. The lowest BCUT2D eigenvalue weighted by Crippen LogP contribution is -2.28. The third-order valence-electron chi connectivity index (χ3n) is 13.8. The van der Waals surface area contributed by atoms with Gasteiger partial charge in [0.1, 0.15) is 0 Å². The van der Waals surface area contributed by atoms with Crippen molar-refractivity contribution in [3.63, 3.8) is 0 Å². The molecule has 0 saturated carbocycles. The third-order valence-corrected chi connectivity index (χ3v) is 13.8. The molecular weight excluding hydrogens is 825 g/mol. The van der Waals surface area contributed by atoms with Crippen molar-refractivity contribution in [3.8, 4) is 73.2 Å². The molecule has 4 heteroatoms. The summed E-state index contributed by atoms with van der Waals surface area (Å²) in [5.41, 5.74) is 17.8. The van der Waals surface area contributed by atoms with Crippen LogP contribution in [-0.4, -0.2) is 19.5 Å². The van der Waals surface area contributed by atoms with Gasteiger partial charge in [0.2, 0.25) is 5.95 Å². The maximum absolute atomic E-state index is 5.34. The Bertz CT molecular complexity index is 3670. The van der Waals surface area contributed by atoms with Crippen LogP contribution in [0.2, 0.25) is 0 Å². The molecule has 0 bridgehead atoms. The Morgan fingerprint density at radius 3 is 1.31 bits per heavy atom. The lowest BCUT2D eigenvalue weighted by Gasteiger charge is -2.34. The summed E-state index contributed by atoms with van der Waals surface area (Å²) in [4.78, 5) is 15.9. The maximum atomic E-state index is 5.34. The van der Waals surface area contributed by atoms with Gasteiger partial charge < -0.3 is 0 Å². The summed E-state index contributed by atoms with van der Waals surface area (Å²) in [5.74, 6) is 1.77. The fourth-order valence-electron chi connectivity index (χ4n) is 10.6. The average Bonchev–Trinajstić information content (AvgIpc) is 3.92. The Hall–Kier alpha value is -8.99. The highest BCUT2D eigenvalue weighted by Gasteiger charge is 2.46. The molecule has 12 aromatic rings. The van der Waals surface area contributed by atoms with Gasteiger partial charge in [0.05, 0.1) is 16.4 Å². The molecule has 4 nitrogen and oxygen atoms in total. The number of nitrogens with zero attached hydrogens (tertiary/aromatic N) is 4. The van der Waals surface area contributed by atoms with Crippen molar-refractivity contribution in [1.82, 2.24) is 19.5 Å². The topological polar surface area (TPSA) is 43.6 Å². The Balaban J connectivity index is 1.00. The second-order valence-corrected chi connectivity index (χ2v) is 17.5. The van der Waals surface area contributed by atoms with E-state index in [-0.39, 0.29) is 0 Å². The van der Waals surface area contributed by atoms with Gasteiger partial charge in [0.25, 0.3) is 0 Å². The highest BCUT2D eigenvalue weighted by Crippen LogP contribution is 2.56. The fraction of sp³-hybridized carbons (Fsp3) is 0.0156. The van der Waals surface area contributed by atoms with Crippen LogP contribution in [-0.2, 0) is 5.41 Å². The lowest BCUT2D eigenvalue weighted by molar-refractivity contribution is 0.769. The lowest BCUT2D eigenvalue weighted by atomic mass is 9.67. The summed E-state index contributed by atoms with van der Waals surface area (Å²) < 4.78 is 2.22. The van der Waals surface area contributed by atoms with E-state index in [0.29, 0.717) is 17.6 Å². The summed E-state index contributed by atoms with van der Waals surface area (Å²) in [7, 11) is 0. The zero-order valence-electron chi connectivity index (χ0n) is 37.0. The van der Waals surface area contributed by atoms with Crippen molar-refractivity contribution in [2.24, 2.45) is 0 Å². The zero-order valence-corrected chi connectivity index (χ0v) is 37.0. The summed E-state index contributed by atoms with van der Waals surface area (Å²) in [5, 5.41) is 2.26. The molecule has 2 heterocycles. The number of aromatic nitrogens is 4. The van der Waals surface area contributed by atoms with Gasteiger partial charge in [-0.2, -0.15) is 9.97 Å². The SMILES string of the molecule is c1ccc(-c2ccc(-c3nc(-c4ccc(-c5ccccc5)cc4)nc(-n4c5ccccc5c5ccc(-c6ccc7c(c6)C(c6ccccc6)(c6ccccc6)c6ccccc6-7)cc54)n3)cc2)cc1. The van der Waals surface area contributed by atoms with Gasteiger partial charge in [-0.3, -0.25) is 4.57 Å². The molecule has 0 radical (unpaired) electrons. The standard InChI is InChI=1S/C64H42N4/c1-5-17-43(18-6-1)45-29-33-47(34-30-45)61-65-62(48-35-31-46(32-36-48)44-19-7-2-8-20-44)67-63(66-61)68-59-28-16-14-26-55(59)56-40-38-50(42-60(56)68)49-37-39-54-53-25-13-15-27-57(53)64(58(54)41-49,51-21-9-3-10-22-51)52-23-11-4-12-24-52/h1-42H. The van der Waals surface area contributed by atoms with E-state index < -0.39 is 5.41 Å². The second kappa shape index (κ2) is 16.2. The minimum atomic E-state index is -0.500. The molecule has 68 heavy (non-hydrogen) atoms. The van der Waals surface area contributed by atoms with Crippen LogP contribution >= 0.6 is 0 Å². The summed E-state index contributed by atoms with van der Waals surface area (Å²) in [6.45, 7) is 0. The first kappa shape index (κ1) is 39.4. The van der Waals surface area contributed by atoms with Gasteiger partial charge in [0.15, 0.2) is 11.6 Å². The summed E-state index contributed by atoms with van der Waals surface area (Å²) in [6, 6.07) is 91.3. The molecule has 0 unspecified atom stereocenters. The number of hydrogen-bond donors (Lipinski definition) is 0. The molecule has 318 valence electrons. The Morgan fingerprint density at radius 2 is 0.706 bits per heavy atom. The fourth-order valence-corrected chi connectivity index (χ4v) is 10.6. The molecule has 13 rings (SSSR count). The van der Waals surface area contributed by atoms with Crippen LogP contribution in [0.5, 0.6) is 0 Å². The molecule has 1 aliphatic carbocycles. The largest absolute Gasteiger partial charge is 0.278 e. The first-order valence-corrected chi connectivity index (χ1v) is 23.2. The Morgan fingerprint density at radius 1 is 0.279 bits per heavy atom. The smallest absolute Gasteiger partial charge is 0.238 e. The number of rotatable bonds is 8. The van der Waals surface area contributed by atoms with E-state index in [1.54, 1.807) is 0 Å². The molecule has 2 aromatic heterocycles. The molecule has 0 amide bonds. The normalized spacial score (nSPS) is 12.5. The van der Waals surface area contributed by atoms with Crippen molar-refractivity contribution in [2.75, 3.05) is 0 Å². The minimum absolute atomic E-state index is 0.500. The first-order valence-electron chi connectivity index (χ1n) is 23.2. The zero-order chi connectivity index (χ0) is 45.0. The van der Waals surface area contributed by atoms with E-state index >= 15 is 0 Å². The van der Waals surface area contributed by atoms with E-state index in [2.05, 4.69) is 247 Å². The van der Waals surface area contributed by atoms with Crippen LogP contribution in [0.25, 0.3) is 95.0 Å². The van der Waals surface area contributed by atoms with Crippen molar-refractivity contribution >= 4 is 21.8 Å². The number of benzene rings is 10. The van der Waals surface area contributed by atoms with Crippen LogP contribution < -0.4 is 0 Å². The van der Waals surface area contributed by atoms with E-state index in [4.69, 9.17) is 15.0 Å². The van der Waals surface area contributed by atoms with Crippen LogP contribution in [0, 0.1) is 0 Å². The van der Waals surface area contributed by atoms with Gasteiger partial charge in [-0.25, -0.2) is 4.98 Å². The first-order chi connectivity index (χ1) is 33.7. The quantitative estimate of drug-likeness (QED) is 0.153. The minimum Gasteiger partial charge on any atom is -0.278 e. The number of hydrogen-bond acceptors (Lipinski definition) is 3. The van der Waals surface area contributed by atoms with Crippen LogP contribution in [0.3, 0.4) is 0 Å². The predicted molar refractivity (Wildman–Crippen MR) is 279 cm³/mol. The van der Waals surface area contributed by atoms with Crippen molar-refractivity contribution in [2.45, 2.75) is 5.41 Å². The summed E-state index contributed by atoms with van der Waals surface area (Å²) in [6.07, 6.45) is 0. The van der Waals surface area contributed by atoms with Gasteiger partial charge in [-0.1, -0.05) is 237 Å². The molecule has 10 aromatic carbocycles. The maximum Gasteiger partial charge on any atom is 0.238 e. The average molecular weight is 867 g/mol. The molecule has 0 saturated heterocycles. The highest BCUT2D eigenvalue weighted by molar-refractivity contribution is 6.10. The van der Waals surface area contributed by atoms with E-state index in [1.165, 1.54) is 33.4 Å². The monoisotopic (exact) mass is 866 g/mol. The van der Waals surface area contributed by atoms with Crippen LogP contribution in [0.4, 0.5) is 0 Å². The molecule has 0 N–H and O–H groups in total. The van der Waals surface area contributed by atoms with Gasteiger partial charge in [0, 0.05) is 21.9 Å². The predicted octanol–water partition coefficient (Wildman–Crippen LogP) is 15.7. The van der Waals surface area contributed by atoms with Gasteiger partial charge in [-0.15, -0.1) is 0 Å². The highest BCUT2D eigenvalue weighted by atomic mass is 15.2.